The monoisotopic (exact) mass is 324 g/mol. The van der Waals surface area contributed by atoms with E-state index in [1.54, 1.807) is 13.8 Å². The lowest BCUT2D eigenvalue weighted by Crippen LogP contribution is -2.30. The molecule has 0 aliphatic rings. The Morgan fingerprint density at radius 3 is 2.53 bits per heavy atom. The molecule has 0 saturated heterocycles. The van der Waals surface area contributed by atoms with Crippen LogP contribution in [0.5, 0.6) is 0 Å². The SMILES string of the molecule is CC(C)NS(=O)(=O)c1cc(NC(=O)CCl)ccc1Cl. The molecular formula is C11H14Cl2N2O3S. The molecule has 0 radical (unpaired) electrons. The third-order valence-electron chi connectivity index (χ3n) is 2.02. The first-order valence-corrected chi connectivity index (χ1v) is 7.83. The second-order valence-corrected chi connectivity index (χ2v) is 6.46. The smallest absolute Gasteiger partial charge is 0.242 e. The molecule has 0 heterocycles. The van der Waals surface area contributed by atoms with Crippen molar-refractivity contribution < 1.29 is 13.2 Å². The molecule has 1 aromatic carbocycles. The topological polar surface area (TPSA) is 75.3 Å². The van der Waals surface area contributed by atoms with E-state index in [0.29, 0.717) is 5.69 Å². The predicted molar refractivity (Wildman–Crippen MR) is 76.3 cm³/mol. The number of carbonyl (C=O) groups is 1. The number of alkyl halides is 1. The first-order chi connectivity index (χ1) is 8.76. The quantitative estimate of drug-likeness (QED) is 0.815. The van der Waals surface area contributed by atoms with Crippen LogP contribution >= 0.6 is 23.2 Å². The minimum Gasteiger partial charge on any atom is -0.325 e. The first kappa shape index (κ1) is 16.2. The van der Waals surface area contributed by atoms with Crippen molar-refractivity contribution in [2.24, 2.45) is 0 Å². The fourth-order valence-corrected chi connectivity index (χ4v) is 3.20. The molecule has 0 aliphatic heterocycles. The van der Waals surface area contributed by atoms with Crippen LogP contribution in [0.25, 0.3) is 0 Å². The van der Waals surface area contributed by atoms with Crippen LogP contribution in [0.4, 0.5) is 5.69 Å². The van der Waals surface area contributed by atoms with E-state index in [2.05, 4.69) is 10.0 Å². The summed E-state index contributed by atoms with van der Waals surface area (Å²) in [5, 5.41) is 2.54. The second-order valence-electron chi connectivity index (χ2n) is 4.10. The largest absolute Gasteiger partial charge is 0.325 e. The summed E-state index contributed by atoms with van der Waals surface area (Å²) < 4.78 is 26.5. The number of halogens is 2. The van der Waals surface area contributed by atoms with Gasteiger partial charge in [-0.1, -0.05) is 11.6 Å². The molecule has 0 fully saturated rings. The predicted octanol–water partition coefficient (Wildman–Crippen LogP) is 2.20. The van der Waals surface area contributed by atoms with E-state index in [0.717, 1.165) is 0 Å². The minimum atomic E-state index is -3.72. The molecule has 0 saturated carbocycles. The zero-order valence-electron chi connectivity index (χ0n) is 10.4. The van der Waals surface area contributed by atoms with Gasteiger partial charge in [0.1, 0.15) is 10.8 Å². The number of nitrogens with one attached hydrogen (secondary N) is 2. The fourth-order valence-electron chi connectivity index (χ4n) is 1.36. The Hall–Kier alpha value is -0.820. The Morgan fingerprint density at radius 2 is 2.00 bits per heavy atom. The van der Waals surface area contributed by atoms with E-state index >= 15 is 0 Å². The molecule has 0 atom stereocenters. The van der Waals surface area contributed by atoms with Crippen molar-refractivity contribution in [1.82, 2.24) is 4.72 Å². The molecule has 0 spiro atoms. The fraction of sp³-hybridized carbons (Fsp3) is 0.364. The van der Waals surface area contributed by atoms with Crippen molar-refractivity contribution >= 4 is 44.8 Å². The van der Waals surface area contributed by atoms with Crippen molar-refractivity contribution in [3.63, 3.8) is 0 Å². The molecule has 1 amide bonds. The van der Waals surface area contributed by atoms with E-state index in [1.807, 2.05) is 0 Å². The molecule has 19 heavy (non-hydrogen) atoms. The first-order valence-electron chi connectivity index (χ1n) is 5.44. The van der Waals surface area contributed by atoms with E-state index in [9.17, 15) is 13.2 Å². The van der Waals surface area contributed by atoms with Gasteiger partial charge >= 0.3 is 0 Å². The molecule has 8 heteroatoms. The average molecular weight is 325 g/mol. The van der Waals surface area contributed by atoms with Crippen molar-refractivity contribution in [2.75, 3.05) is 11.2 Å². The Labute approximate surface area is 122 Å². The third kappa shape index (κ3) is 4.65. The Bertz CT molecular complexity index is 573. The number of carbonyl (C=O) groups excluding carboxylic acids is 1. The van der Waals surface area contributed by atoms with Gasteiger partial charge in [-0.05, 0) is 32.0 Å². The maximum absolute atomic E-state index is 12.0. The van der Waals surface area contributed by atoms with Crippen LogP contribution in [0.2, 0.25) is 5.02 Å². The zero-order chi connectivity index (χ0) is 14.6. The van der Waals surface area contributed by atoms with Crippen molar-refractivity contribution in [1.29, 1.82) is 0 Å². The van der Waals surface area contributed by atoms with Gasteiger partial charge in [0.25, 0.3) is 0 Å². The van der Waals surface area contributed by atoms with Crippen LogP contribution in [0, 0.1) is 0 Å². The third-order valence-corrected chi connectivity index (χ3v) is 4.40. The number of benzene rings is 1. The average Bonchev–Trinajstić information content (AvgIpc) is 2.29. The molecule has 106 valence electrons. The summed E-state index contributed by atoms with van der Waals surface area (Å²) in [4.78, 5) is 11.1. The van der Waals surface area contributed by atoms with E-state index in [-0.39, 0.29) is 21.8 Å². The van der Waals surface area contributed by atoms with E-state index in [1.165, 1.54) is 18.2 Å². The molecule has 5 nitrogen and oxygen atoms in total. The highest BCUT2D eigenvalue weighted by molar-refractivity contribution is 7.89. The molecular weight excluding hydrogens is 311 g/mol. The van der Waals surface area contributed by atoms with E-state index < -0.39 is 15.9 Å². The molecule has 0 aliphatic carbocycles. The van der Waals surface area contributed by atoms with Gasteiger partial charge in [0.2, 0.25) is 15.9 Å². The zero-order valence-corrected chi connectivity index (χ0v) is 12.7. The summed E-state index contributed by atoms with van der Waals surface area (Å²) in [6, 6.07) is 3.93. The Kier molecular flexibility index (Phi) is 5.61. The van der Waals surface area contributed by atoms with Gasteiger partial charge in [-0.15, -0.1) is 11.6 Å². The van der Waals surface area contributed by atoms with Crippen LogP contribution in [-0.4, -0.2) is 26.2 Å². The van der Waals surface area contributed by atoms with Gasteiger partial charge in [-0.25, -0.2) is 13.1 Å². The maximum Gasteiger partial charge on any atom is 0.242 e. The molecule has 1 rings (SSSR count). The number of hydrogen-bond donors (Lipinski definition) is 2. The standard InChI is InChI=1S/C11H14Cl2N2O3S/c1-7(2)15-19(17,18)10-5-8(3-4-9(10)13)14-11(16)6-12/h3-5,7,15H,6H2,1-2H3,(H,14,16). The van der Waals surface area contributed by atoms with Crippen LogP contribution in [-0.2, 0) is 14.8 Å². The van der Waals surface area contributed by atoms with Gasteiger partial charge in [-0.3, -0.25) is 4.79 Å². The molecule has 2 N–H and O–H groups in total. The molecule has 0 aromatic heterocycles. The number of amides is 1. The Morgan fingerprint density at radius 1 is 1.37 bits per heavy atom. The summed E-state index contributed by atoms with van der Waals surface area (Å²) in [6.07, 6.45) is 0. The minimum absolute atomic E-state index is 0.0806. The van der Waals surface area contributed by atoms with Crippen LogP contribution in [0.15, 0.2) is 23.1 Å². The number of rotatable bonds is 5. The van der Waals surface area contributed by atoms with Gasteiger partial charge in [-0.2, -0.15) is 0 Å². The van der Waals surface area contributed by atoms with Crippen LogP contribution in [0.3, 0.4) is 0 Å². The lowest BCUT2D eigenvalue weighted by molar-refractivity contribution is -0.113. The van der Waals surface area contributed by atoms with Crippen molar-refractivity contribution in [2.45, 2.75) is 24.8 Å². The highest BCUT2D eigenvalue weighted by Gasteiger charge is 2.19. The maximum atomic E-state index is 12.0. The summed E-state index contributed by atoms with van der Waals surface area (Å²) in [5.41, 5.74) is 0.319. The summed E-state index contributed by atoms with van der Waals surface area (Å²) in [5.74, 6) is -0.640. The highest BCUT2D eigenvalue weighted by Crippen LogP contribution is 2.25. The molecule has 0 bridgehead atoms. The van der Waals surface area contributed by atoms with Gasteiger partial charge in [0, 0.05) is 11.7 Å². The number of sulfonamides is 1. The summed E-state index contributed by atoms with van der Waals surface area (Å²) >= 11 is 11.2. The van der Waals surface area contributed by atoms with Crippen molar-refractivity contribution in [3.05, 3.63) is 23.2 Å². The summed E-state index contributed by atoms with van der Waals surface area (Å²) in [7, 11) is -3.72. The van der Waals surface area contributed by atoms with Gasteiger partial charge in [0.05, 0.1) is 5.02 Å². The molecule has 0 unspecified atom stereocenters. The lowest BCUT2D eigenvalue weighted by atomic mass is 10.3. The van der Waals surface area contributed by atoms with Crippen LogP contribution in [0.1, 0.15) is 13.8 Å². The Balaban J connectivity index is 3.14. The van der Waals surface area contributed by atoms with Crippen molar-refractivity contribution in [3.8, 4) is 0 Å². The molecule has 1 aromatic rings. The normalized spacial score (nSPS) is 11.6. The van der Waals surface area contributed by atoms with Crippen LogP contribution < -0.4 is 10.0 Å². The van der Waals surface area contributed by atoms with E-state index in [4.69, 9.17) is 23.2 Å². The highest BCUT2D eigenvalue weighted by atomic mass is 35.5. The number of anilines is 1. The number of hydrogen-bond acceptors (Lipinski definition) is 3. The lowest BCUT2D eigenvalue weighted by Gasteiger charge is -2.12. The van der Waals surface area contributed by atoms with Gasteiger partial charge < -0.3 is 5.32 Å². The second kappa shape index (κ2) is 6.56. The van der Waals surface area contributed by atoms with Gasteiger partial charge in [0.15, 0.2) is 0 Å². The summed E-state index contributed by atoms with van der Waals surface area (Å²) in [6.45, 7) is 3.40.